The molecule has 0 unspecified atom stereocenters. The molecular weight excluding hydrogens is 260 g/mol. The van der Waals surface area contributed by atoms with E-state index in [1.54, 1.807) is 0 Å². The fraction of sp³-hybridized carbons (Fsp3) is 0.800. The van der Waals surface area contributed by atoms with Gasteiger partial charge in [-0.1, -0.05) is 39.0 Å². The molecule has 0 aliphatic heterocycles. The largest absolute Gasteiger partial charge is 0.481 e. The lowest BCUT2D eigenvalue weighted by atomic mass is 10.1. The number of aliphatic carboxylic acids is 1. The summed E-state index contributed by atoms with van der Waals surface area (Å²) in [7, 11) is 0. The Morgan fingerprint density at radius 2 is 1.20 bits per heavy atom. The Morgan fingerprint density at radius 3 is 1.65 bits per heavy atom. The van der Waals surface area contributed by atoms with Gasteiger partial charge in [-0.3, -0.25) is 14.4 Å². The molecule has 0 rings (SSSR count). The molecule has 116 valence electrons. The summed E-state index contributed by atoms with van der Waals surface area (Å²) in [5.74, 6) is -1.70. The molecule has 5 nitrogen and oxygen atoms in total. The number of esters is 2. The standard InChI is InChI=1S/C15H26O5/c1-2-3-4-8-11-14(18)20-15(19)12-9-6-5-7-10-13(16)17/h2-12H2,1H3,(H,16,17). The normalized spacial score (nSPS) is 10.2. The first-order chi connectivity index (χ1) is 9.56. The second-order valence-electron chi connectivity index (χ2n) is 4.96. The molecule has 0 aliphatic carbocycles. The maximum absolute atomic E-state index is 11.3. The summed E-state index contributed by atoms with van der Waals surface area (Å²) in [4.78, 5) is 32.9. The van der Waals surface area contributed by atoms with Gasteiger partial charge < -0.3 is 9.84 Å². The van der Waals surface area contributed by atoms with E-state index in [-0.39, 0.29) is 12.8 Å². The van der Waals surface area contributed by atoms with Crippen LogP contribution >= 0.6 is 0 Å². The Morgan fingerprint density at radius 1 is 0.750 bits per heavy atom. The fourth-order valence-corrected chi connectivity index (χ4v) is 1.82. The topological polar surface area (TPSA) is 80.7 Å². The summed E-state index contributed by atoms with van der Waals surface area (Å²) in [5.41, 5.74) is 0. The van der Waals surface area contributed by atoms with Crippen molar-refractivity contribution in [1.82, 2.24) is 0 Å². The van der Waals surface area contributed by atoms with Crippen molar-refractivity contribution in [1.29, 1.82) is 0 Å². The van der Waals surface area contributed by atoms with Crippen LogP contribution in [0.25, 0.3) is 0 Å². The Kier molecular flexibility index (Phi) is 11.8. The molecule has 5 heteroatoms. The van der Waals surface area contributed by atoms with Crippen molar-refractivity contribution in [3.63, 3.8) is 0 Å². The number of hydrogen-bond acceptors (Lipinski definition) is 4. The monoisotopic (exact) mass is 286 g/mol. The van der Waals surface area contributed by atoms with Gasteiger partial charge >= 0.3 is 17.9 Å². The van der Waals surface area contributed by atoms with Crippen LogP contribution in [0, 0.1) is 0 Å². The summed E-state index contributed by atoms with van der Waals surface area (Å²) in [6.07, 6.45) is 7.50. The van der Waals surface area contributed by atoms with Gasteiger partial charge in [0.2, 0.25) is 0 Å². The minimum atomic E-state index is -0.793. The molecule has 1 N–H and O–H groups in total. The average molecular weight is 286 g/mol. The van der Waals surface area contributed by atoms with E-state index in [1.807, 2.05) is 0 Å². The first-order valence-electron chi connectivity index (χ1n) is 7.51. The highest BCUT2D eigenvalue weighted by Gasteiger charge is 2.09. The molecule has 0 aromatic heterocycles. The molecule has 0 aromatic carbocycles. The lowest BCUT2D eigenvalue weighted by Gasteiger charge is -2.03. The molecule has 0 spiro atoms. The van der Waals surface area contributed by atoms with Crippen LogP contribution in [-0.4, -0.2) is 23.0 Å². The number of carboxylic acids is 1. The number of ether oxygens (including phenoxy) is 1. The number of hydrogen-bond donors (Lipinski definition) is 1. The van der Waals surface area contributed by atoms with Gasteiger partial charge in [0, 0.05) is 19.3 Å². The molecule has 0 bridgehead atoms. The maximum Gasteiger partial charge on any atom is 0.313 e. The molecule has 0 heterocycles. The van der Waals surface area contributed by atoms with Crippen LogP contribution in [0.15, 0.2) is 0 Å². The molecule has 0 fully saturated rings. The second-order valence-corrected chi connectivity index (χ2v) is 4.96. The van der Waals surface area contributed by atoms with E-state index in [2.05, 4.69) is 6.92 Å². The highest BCUT2D eigenvalue weighted by molar-refractivity contribution is 5.85. The molecular formula is C15H26O5. The third kappa shape index (κ3) is 13.1. The van der Waals surface area contributed by atoms with Gasteiger partial charge in [0.25, 0.3) is 0 Å². The van der Waals surface area contributed by atoms with Gasteiger partial charge in [0.05, 0.1) is 0 Å². The van der Waals surface area contributed by atoms with Crippen molar-refractivity contribution in [2.24, 2.45) is 0 Å². The summed E-state index contributed by atoms with van der Waals surface area (Å²) in [6, 6.07) is 0. The van der Waals surface area contributed by atoms with Crippen LogP contribution in [0.5, 0.6) is 0 Å². The van der Waals surface area contributed by atoms with Crippen molar-refractivity contribution < 1.29 is 24.2 Å². The van der Waals surface area contributed by atoms with Gasteiger partial charge in [-0.15, -0.1) is 0 Å². The Bertz CT molecular complexity index is 299. The fourth-order valence-electron chi connectivity index (χ4n) is 1.82. The van der Waals surface area contributed by atoms with E-state index in [0.29, 0.717) is 19.3 Å². The molecule has 20 heavy (non-hydrogen) atoms. The molecule has 0 atom stereocenters. The number of carbonyl (C=O) groups excluding carboxylic acids is 2. The summed E-state index contributed by atoms with van der Waals surface area (Å²) in [5, 5.41) is 8.45. The third-order valence-corrected chi connectivity index (χ3v) is 2.98. The van der Waals surface area contributed by atoms with Crippen LogP contribution in [0.1, 0.15) is 77.6 Å². The first-order valence-corrected chi connectivity index (χ1v) is 7.51. The number of unbranched alkanes of at least 4 members (excludes halogenated alkanes) is 6. The quantitative estimate of drug-likeness (QED) is 0.337. The molecule has 0 saturated heterocycles. The van der Waals surface area contributed by atoms with Crippen molar-refractivity contribution in [3.8, 4) is 0 Å². The highest BCUT2D eigenvalue weighted by atomic mass is 16.6. The number of rotatable bonds is 12. The highest BCUT2D eigenvalue weighted by Crippen LogP contribution is 2.08. The van der Waals surface area contributed by atoms with Crippen LogP contribution in [0.3, 0.4) is 0 Å². The van der Waals surface area contributed by atoms with Gasteiger partial charge in [-0.25, -0.2) is 0 Å². The Hall–Kier alpha value is -1.39. The number of carbonyl (C=O) groups is 3. The van der Waals surface area contributed by atoms with Crippen molar-refractivity contribution >= 4 is 17.9 Å². The summed E-state index contributed by atoms with van der Waals surface area (Å²) < 4.78 is 4.70. The Balaban J connectivity index is 3.43. The minimum absolute atomic E-state index is 0.167. The van der Waals surface area contributed by atoms with E-state index < -0.39 is 17.9 Å². The lowest BCUT2D eigenvalue weighted by molar-refractivity contribution is -0.159. The van der Waals surface area contributed by atoms with Crippen LogP contribution in [0.2, 0.25) is 0 Å². The summed E-state index contributed by atoms with van der Waals surface area (Å²) >= 11 is 0. The van der Waals surface area contributed by atoms with Crippen molar-refractivity contribution in [2.45, 2.75) is 77.6 Å². The van der Waals surface area contributed by atoms with Gasteiger partial charge in [0.1, 0.15) is 0 Å². The van der Waals surface area contributed by atoms with E-state index in [9.17, 15) is 14.4 Å². The van der Waals surface area contributed by atoms with Crippen LogP contribution in [0.4, 0.5) is 0 Å². The SMILES string of the molecule is CCCCCCC(=O)OC(=O)CCCCCCC(=O)O. The zero-order chi connectivity index (χ0) is 15.2. The molecule has 0 amide bonds. The minimum Gasteiger partial charge on any atom is -0.481 e. The molecule has 0 radical (unpaired) electrons. The smallest absolute Gasteiger partial charge is 0.313 e. The van der Waals surface area contributed by atoms with Gasteiger partial charge in [0.15, 0.2) is 0 Å². The van der Waals surface area contributed by atoms with E-state index in [0.717, 1.165) is 38.5 Å². The maximum atomic E-state index is 11.3. The second kappa shape index (κ2) is 12.6. The van der Waals surface area contributed by atoms with E-state index >= 15 is 0 Å². The lowest BCUT2D eigenvalue weighted by Crippen LogP contribution is -2.11. The van der Waals surface area contributed by atoms with Crippen molar-refractivity contribution in [3.05, 3.63) is 0 Å². The van der Waals surface area contributed by atoms with E-state index in [1.165, 1.54) is 0 Å². The van der Waals surface area contributed by atoms with Crippen LogP contribution < -0.4 is 0 Å². The molecule has 0 saturated carbocycles. The van der Waals surface area contributed by atoms with Crippen LogP contribution in [-0.2, 0) is 19.1 Å². The predicted octanol–water partition coefficient (Wildman–Crippen LogP) is 3.45. The van der Waals surface area contributed by atoms with Crippen molar-refractivity contribution in [2.75, 3.05) is 0 Å². The molecule has 0 aliphatic rings. The zero-order valence-corrected chi connectivity index (χ0v) is 12.4. The molecule has 0 aromatic rings. The average Bonchev–Trinajstić information content (AvgIpc) is 2.38. The van der Waals surface area contributed by atoms with Gasteiger partial charge in [-0.2, -0.15) is 0 Å². The summed E-state index contributed by atoms with van der Waals surface area (Å²) in [6.45, 7) is 2.10. The predicted molar refractivity (Wildman–Crippen MR) is 75.2 cm³/mol. The third-order valence-electron chi connectivity index (χ3n) is 2.98. The Labute approximate surface area is 120 Å². The number of carboxylic acid groups (broad SMARTS) is 1. The first kappa shape index (κ1) is 18.6. The van der Waals surface area contributed by atoms with Gasteiger partial charge in [-0.05, 0) is 19.3 Å². The van der Waals surface area contributed by atoms with E-state index in [4.69, 9.17) is 9.84 Å². The zero-order valence-electron chi connectivity index (χ0n) is 12.4.